The summed E-state index contributed by atoms with van der Waals surface area (Å²) < 4.78 is 5.50. The van der Waals surface area contributed by atoms with Crippen LogP contribution >= 0.6 is 0 Å². The van der Waals surface area contributed by atoms with Gasteiger partial charge in [0.05, 0.1) is 5.60 Å². The molecule has 0 heterocycles. The summed E-state index contributed by atoms with van der Waals surface area (Å²) >= 11 is 0. The lowest BCUT2D eigenvalue weighted by Crippen LogP contribution is -2.26. The predicted molar refractivity (Wildman–Crippen MR) is 63.6 cm³/mol. The van der Waals surface area contributed by atoms with E-state index in [2.05, 4.69) is 49.4 Å². The van der Waals surface area contributed by atoms with Gasteiger partial charge in [-0.05, 0) is 18.1 Å². The number of hydrogen-bond acceptors (Lipinski definition) is 1. The molecule has 1 aliphatic carbocycles. The molecule has 1 aliphatic rings. The molecule has 1 atom stereocenters. The second kappa shape index (κ2) is 4.03. The summed E-state index contributed by atoms with van der Waals surface area (Å²) in [6, 6.07) is 10.5. The summed E-state index contributed by atoms with van der Waals surface area (Å²) in [6.45, 7) is 2.11. The van der Waals surface area contributed by atoms with E-state index in [0.29, 0.717) is 0 Å². The summed E-state index contributed by atoms with van der Waals surface area (Å²) in [5.41, 5.74) is 2.47. The maximum atomic E-state index is 5.50. The number of allylic oxidation sites excluding steroid dienone is 2. The number of methoxy groups -OCH3 is 1. The van der Waals surface area contributed by atoms with Crippen molar-refractivity contribution in [2.45, 2.75) is 18.9 Å². The van der Waals surface area contributed by atoms with Crippen molar-refractivity contribution in [2.24, 2.45) is 0 Å². The quantitative estimate of drug-likeness (QED) is 0.710. The summed E-state index contributed by atoms with van der Waals surface area (Å²) in [6.07, 6.45) is 7.29. The number of ether oxygens (including phenoxy) is 1. The van der Waals surface area contributed by atoms with Crippen molar-refractivity contribution >= 4 is 5.57 Å². The first-order valence-electron chi connectivity index (χ1n) is 5.22. The Morgan fingerprint density at radius 3 is 2.60 bits per heavy atom. The van der Waals surface area contributed by atoms with Crippen molar-refractivity contribution in [3.63, 3.8) is 0 Å². The van der Waals surface area contributed by atoms with E-state index >= 15 is 0 Å². The second-order valence-corrected chi connectivity index (χ2v) is 4.11. The van der Waals surface area contributed by atoms with E-state index < -0.39 is 0 Å². The lowest BCUT2D eigenvalue weighted by Gasteiger charge is -2.28. The van der Waals surface area contributed by atoms with Gasteiger partial charge >= 0.3 is 0 Å². The highest BCUT2D eigenvalue weighted by Crippen LogP contribution is 2.31. The molecule has 0 aromatic heterocycles. The molecule has 1 nitrogen and oxygen atoms in total. The van der Waals surface area contributed by atoms with Gasteiger partial charge in [0, 0.05) is 13.5 Å². The van der Waals surface area contributed by atoms with Gasteiger partial charge in [0.15, 0.2) is 0 Å². The lowest BCUT2D eigenvalue weighted by atomic mass is 9.88. The van der Waals surface area contributed by atoms with E-state index in [1.807, 2.05) is 6.07 Å². The molecular weight excluding hydrogens is 184 g/mol. The van der Waals surface area contributed by atoms with Gasteiger partial charge in [0.2, 0.25) is 0 Å². The smallest absolute Gasteiger partial charge is 0.0874 e. The van der Waals surface area contributed by atoms with Gasteiger partial charge in [-0.25, -0.2) is 0 Å². The third kappa shape index (κ3) is 2.18. The van der Waals surface area contributed by atoms with Crippen LogP contribution in [0.4, 0.5) is 0 Å². The van der Waals surface area contributed by atoms with Crippen LogP contribution in [0, 0.1) is 0 Å². The molecular formula is C14H16O. The van der Waals surface area contributed by atoms with Crippen LogP contribution in [0.1, 0.15) is 18.9 Å². The summed E-state index contributed by atoms with van der Waals surface area (Å²) in [7, 11) is 1.76. The van der Waals surface area contributed by atoms with Crippen molar-refractivity contribution in [1.82, 2.24) is 0 Å². The molecule has 0 saturated carbocycles. The molecule has 0 N–H and O–H groups in total. The Hall–Kier alpha value is -1.34. The molecule has 0 radical (unpaired) electrons. The first-order chi connectivity index (χ1) is 7.23. The molecule has 0 spiro atoms. The molecule has 15 heavy (non-hydrogen) atoms. The van der Waals surface area contributed by atoms with Crippen LogP contribution in [0.3, 0.4) is 0 Å². The van der Waals surface area contributed by atoms with Crippen LogP contribution in [-0.2, 0) is 4.74 Å². The molecule has 1 aromatic rings. The summed E-state index contributed by atoms with van der Waals surface area (Å²) in [4.78, 5) is 0. The monoisotopic (exact) mass is 200 g/mol. The Bertz CT molecular complexity index is 389. The largest absolute Gasteiger partial charge is 0.374 e. The average Bonchev–Trinajstić information content (AvgIpc) is 2.30. The van der Waals surface area contributed by atoms with Crippen molar-refractivity contribution < 1.29 is 4.74 Å². The minimum Gasteiger partial charge on any atom is -0.374 e. The fourth-order valence-corrected chi connectivity index (χ4v) is 1.85. The van der Waals surface area contributed by atoms with Crippen LogP contribution in [0.2, 0.25) is 0 Å². The average molecular weight is 200 g/mol. The van der Waals surface area contributed by atoms with Gasteiger partial charge in [-0.15, -0.1) is 0 Å². The van der Waals surface area contributed by atoms with Crippen LogP contribution in [0.25, 0.3) is 5.57 Å². The van der Waals surface area contributed by atoms with Crippen molar-refractivity contribution in [3.05, 3.63) is 54.1 Å². The second-order valence-electron chi connectivity index (χ2n) is 4.11. The molecule has 78 valence electrons. The van der Waals surface area contributed by atoms with E-state index in [1.165, 1.54) is 11.1 Å². The number of rotatable bonds is 2. The Kier molecular flexibility index (Phi) is 2.74. The Morgan fingerprint density at radius 1 is 1.20 bits per heavy atom. The molecule has 0 bridgehead atoms. The summed E-state index contributed by atoms with van der Waals surface area (Å²) in [5, 5.41) is 0. The van der Waals surface area contributed by atoms with Gasteiger partial charge in [-0.2, -0.15) is 0 Å². The molecule has 1 unspecified atom stereocenters. The van der Waals surface area contributed by atoms with Gasteiger partial charge in [-0.1, -0.05) is 48.6 Å². The van der Waals surface area contributed by atoms with E-state index in [-0.39, 0.29) is 5.60 Å². The van der Waals surface area contributed by atoms with Crippen molar-refractivity contribution in [2.75, 3.05) is 7.11 Å². The van der Waals surface area contributed by atoms with Gasteiger partial charge in [0.1, 0.15) is 0 Å². The number of hydrogen-bond donors (Lipinski definition) is 0. The zero-order chi connectivity index (χ0) is 10.7. The lowest BCUT2D eigenvalue weighted by molar-refractivity contribution is 0.0526. The highest BCUT2D eigenvalue weighted by molar-refractivity contribution is 5.69. The topological polar surface area (TPSA) is 9.23 Å². The van der Waals surface area contributed by atoms with E-state index in [1.54, 1.807) is 7.11 Å². The highest BCUT2D eigenvalue weighted by Gasteiger charge is 2.24. The maximum absolute atomic E-state index is 5.50. The van der Waals surface area contributed by atoms with Crippen LogP contribution in [0.15, 0.2) is 48.6 Å². The van der Waals surface area contributed by atoms with Crippen molar-refractivity contribution in [1.29, 1.82) is 0 Å². The normalized spacial score (nSPS) is 25.1. The van der Waals surface area contributed by atoms with E-state index in [4.69, 9.17) is 4.74 Å². The molecule has 1 aromatic carbocycles. The molecule has 0 aliphatic heterocycles. The SMILES string of the molecule is COC1(C)C=CC=C(c2ccccc2)C1. The molecule has 2 rings (SSSR count). The molecule has 1 heteroatoms. The predicted octanol–water partition coefficient (Wildman–Crippen LogP) is 3.44. The molecule has 0 saturated heterocycles. The van der Waals surface area contributed by atoms with E-state index in [0.717, 1.165) is 6.42 Å². The minimum absolute atomic E-state index is 0.153. The number of benzene rings is 1. The van der Waals surface area contributed by atoms with Crippen molar-refractivity contribution in [3.8, 4) is 0 Å². The zero-order valence-electron chi connectivity index (χ0n) is 9.23. The first kappa shape index (κ1) is 10.2. The van der Waals surface area contributed by atoms with Crippen LogP contribution in [-0.4, -0.2) is 12.7 Å². The minimum atomic E-state index is -0.153. The van der Waals surface area contributed by atoms with Crippen LogP contribution < -0.4 is 0 Å². The fraction of sp³-hybridized carbons (Fsp3) is 0.286. The Morgan fingerprint density at radius 2 is 1.93 bits per heavy atom. The molecule has 0 amide bonds. The van der Waals surface area contributed by atoms with E-state index in [9.17, 15) is 0 Å². The standard InChI is InChI=1S/C14H16O/c1-14(15-2)10-6-9-13(11-14)12-7-4-3-5-8-12/h3-10H,11H2,1-2H3. The third-order valence-corrected chi connectivity index (χ3v) is 2.90. The van der Waals surface area contributed by atoms with Gasteiger partial charge < -0.3 is 4.74 Å². The Balaban J connectivity index is 2.26. The maximum Gasteiger partial charge on any atom is 0.0874 e. The van der Waals surface area contributed by atoms with Gasteiger partial charge in [-0.3, -0.25) is 0 Å². The van der Waals surface area contributed by atoms with Crippen LogP contribution in [0.5, 0.6) is 0 Å². The molecule has 0 fully saturated rings. The summed E-state index contributed by atoms with van der Waals surface area (Å²) in [5.74, 6) is 0. The fourth-order valence-electron chi connectivity index (χ4n) is 1.85. The van der Waals surface area contributed by atoms with Gasteiger partial charge in [0.25, 0.3) is 0 Å². The Labute approximate surface area is 91.1 Å². The highest BCUT2D eigenvalue weighted by atomic mass is 16.5. The zero-order valence-corrected chi connectivity index (χ0v) is 9.23. The third-order valence-electron chi connectivity index (χ3n) is 2.90. The first-order valence-corrected chi connectivity index (χ1v) is 5.22.